The summed E-state index contributed by atoms with van der Waals surface area (Å²) in [7, 11) is 0. The van der Waals surface area contributed by atoms with Gasteiger partial charge in [-0.25, -0.2) is 4.39 Å². The van der Waals surface area contributed by atoms with Crippen LogP contribution >= 0.6 is 0 Å². The predicted molar refractivity (Wildman–Crippen MR) is 98.9 cm³/mol. The Bertz CT molecular complexity index is 752. The van der Waals surface area contributed by atoms with Gasteiger partial charge in [0.1, 0.15) is 18.4 Å². The van der Waals surface area contributed by atoms with Crippen molar-refractivity contribution in [3.8, 4) is 0 Å². The summed E-state index contributed by atoms with van der Waals surface area (Å²) in [5.74, 6) is -3.77. The topological polar surface area (TPSA) is 116 Å². The van der Waals surface area contributed by atoms with Gasteiger partial charge in [-0.15, -0.1) is 0 Å². The molecule has 3 amide bonds. The van der Waals surface area contributed by atoms with Crippen molar-refractivity contribution in [1.82, 2.24) is 10.6 Å². The third-order valence-electron chi connectivity index (χ3n) is 4.84. The van der Waals surface area contributed by atoms with Gasteiger partial charge < -0.3 is 20.6 Å². The van der Waals surface area contributed by atoms with Crippen LogP contribution in [0.4, 0.5) is 10.1 Å². The number of hydrogen-bond donors (Lipinski definition) is 3. The maximum absolute atomic E-state index is 13.1. The standard InChI is InChI=1S/C19H24FN3O5/c1-3-11(2)17(19(28)21-9-16(25)26)22-18(27)12-8-15(24)23(10-12)14-6-4-13(20)5-7-14/h4-7,11-12,17H,3,8-10H2,1-2H3,(H,21,28)(H,22,27)(H,25,26)/t11-,12-,17-/m0/s1. The number of carboxylic acids is 1. The zero-order chi connectivity index (χ0) is 20.8. The van der Waals surface area contributed by atoms with Crippen molar-refractivity contribution in [3.63, 3.8) is 0 Å². The van der Waals surface area contributed by atoms with Gasteiger partial charge >= 0.3 is 5.97 Å². The fourth-order valence-corrected chi connectivity index (χ4v) is 3.00. The van der Waals surface area contributed by atoms with Gasteiger partial charge in [0.25, 0.3) is 0 Å². The van der Waals surface area contributed by atoms with E-state index in [0.717, 1.165) is 0 Å². The Morgan fingerprint density at radius 3 is 2.50 bits per heavy atom. The molecule has 1 aliphatic heterocycles. The highest BCUT2D eigenvalue weighted by Gasteiger charge is 2.37. The Balaban J connectivity index is 2.04. The highest BCUT2D eigenvalue weighted by molar-refractivity contribution is 6.01. The molecule has 1 aliphatic rings. The molecular weight excluding hydrogens is 369 g/mol. The van der Waals surface area contributed by atoms with Crippen LogP contribution < -0.4 is 15.5 Å². The van der Waals surface area contributed by atoms with Gasteiger partial charge in [0.15, 0.2) is 0 Å². The lowest BCUT2D eigenvalue weighted by molar-refractivity contribution is -0.138. The van der Waals surface area contributed by atoms with Crippen LogP contribution in [0.1, 0.15) is 26.7 Å². The van der Waals surface area contributed by atoms with E-state index in [4.69, 9.17) is 5.11 Å². The number of aliphatic carboxylic acids is 1. The summed E-state index contributed by atoms with van der Waals surface area (Å²) in [4.78, 5) is 49.3. The van der Waals surface area contributed by atoms with E-state index in [1.54, 1.807) is 6.92 Å². The SMILES string of the molecule is CC[C@H](C)[C@H](NC(=O)[C@H]1CC(=O)N(c2ccc(F)cc2)C1)C(=O)NCC(=O)O. The van der Waals surface area contributed by atoms with Gasteiger partial charge in [0.05, 0.1) is 5.92 Å². The zero-order valence-corrected chi connectivity index (χ0v) is 15.8. The van der Waals surface area contributed by atoms with Crippen LogP contribution in [0.25, 0.3) is 0 Å². The Kier molecular flexibility index (Phi) is 7.08. The normalized spacial score (nSPS) is 18.5. The average Bonchev–Trinajstić information content (AvgIpc) is 3.05. The van der Waals surface area contributed by atoms with Crippen LogP contribution in [0.15, 0.2) is 24.3 Å². The zero-order valence-electron chi connectivity index (χ0n) is 15.8. The first-order chi connectivity index (χ1) is 13.2. The van der Waals surface area contributed by atoms with Crippen molar-refractivity contribution in [2.45, 2.75) is 32.7 Å². The van der Waals surface area contributed by atoms with Crippen molar-refractivity contribution in [1.29, 1.82) is 0 Å². The smallest absolute Gasteiger partial charge is 0.322 e. The second kappa shape index (κ2) is 9.29. The summed E-state index contributed by atoms with van der Waals surface area (Å²) in [6.07, 6.45) is 0.573. The minimum Gasteiger partial charge on any atom is -0.480 e. The van der Waals surface area contributed by atoms with Crippen molar-refractivity contribution < 1.29 is 28.7 Å². The predicted octanol–water partition coefficient (Wildman–Crippen LogP) is 0.910. The number of anilines is 1. The number of carboxylic acid groups (broad SMARTS) is 1. The lowest BCUT2D eigenvalue weighted by atomic mass is 9.97. The van der Waals surface area contributed by atoms with Gasteiger partial charge in [0, 0.05) is 18.7 Å². The molecule has 0 unspecified atom stereocenters. The summed E-state index contributed by atoms with van der Waals surface area (Å²) in [6, 6.07) is 4.51. The van der Waals surface area contributed by atoms with Crippen LogP contribution in [0.3, 0.4) is 0 Å². The Morgan fingerprint density at radius 2 is 1.93 bits per heavy atom. The molecule has 0 aliphatic carbocycles. The number of benzene rings is 1. The van der Waals surface area contributed by atoms with Crippen LogP contribution in [-0.4, -0.2) is 47.9 Å². The Morgan fingerprint density at radius 1 is 1.29 bits per heavy atom. The molecule has 152 valence electrons. The van der Waals surface area contributed by atoms with Crippen LogP contribution in [0.2, 0.25) is 0 Å². The number of carbonyl (C=O) groups excluding carboxylic acids is 3. The van der Waals surface area contributed by atoms with Crippen LogP contribution in [0.5, 0.6) is 0 Å². The number of halogens is 1. The molecule has 1 heterocycles. The molecule has 1 saturated heterocycles. The van der Waals surface area contributed by atoms with Gasteiger partial charge in [-0.1, -0.05) is 20.3 Å². The third kappa shape index (κ3) is 5.28. The lowest BCUT2D eigenvalue weighted by Crippen LogP contribution is -2.52. The number of rotatable bonds is 8. The molecule has 1 fully saturated rings. The first kappa shape index (κ1) is 21.3. The average molecular weight is 393 g/mol. The lowest BCUT2D eigenvalue weighted by Gasteiger charge is -2.24. The molecule has 28 heavy (non-hydrogen) atoms. The van der Waals surface area contributed by atoms with E-state index in [2.05, 4.69) is 10.6 Å². The molecule has 3 N–H and O–H groups in total. The van der Waals surface area contributed by atoms with E-state index in [9.17, 15) is 23.6 Å². The molecule has 0 aromatic heterocycles. The molecule has 0 bridgehead atoms. The minimum absolute atomic E-state index is 0.0207. The largest absolute Gasteiger partial charge is 0.480 e. The van der Waals surface area contributed by atoms with E-state index in [-0.39, 0.29) is 24.8 Å². The van der Waals surface area contributed by atoms with Crippen molar-refractivity contribution in [3.05, 3.63) is 30.1 Å². The number of hydrogen-bond acceptors (Lipinski definition) is 4. The summed E-state index contributed by atoms with van der Waals surface area (Å²) < 4.78 is 13.1. The third-order valence-corrected chi connectivity index (χ3v) is 4.84. The maximum Gasteiger partial charge on any atom is 0.322 e. The van der Waals surface area contributed by atoms with Gasteiger partial charge in [-0.2, -0.15) is 0 Å². The summed E-state index contributed by atoms with van der Waals surface area (Å²) >= 11 is 0. The summed E-state index contributed by atoms with van der Waals surface area (Å²) in [5, 5.41) is 13.6. The molecule has 0 spiro atoms. The van der Waals surface area contributed by atoms with E-state index in [0.29, 0.717) is 12.1 Å². The summed E-state index contributed by atoms with van der Waals surface area (Å²) in [6.45, 7) is 3.21. The molecule has 1 aromatic carbocycles. The van der Waals surface area contributed by atoms with E-state index < -0.39 is 42.1 Å². The fourth-order valence-electron chi connectivity index (χ4n) is 3.00. The van der Waals surface area contributed by atoms with Crippen molar-refractivity contribution >= 4 is 29.4 Å². The van der Waals surface area contributed by atoms with E-state index >= 15 is 0 Å². The molecule has 2 rings (SSSR count). The highest BCUT2D eigenvalue weighted by Crippen LogP contribution is 2.25. The van der Waals surface area contributed by atoms with E-state index in [1.165, 1.54) is 29.2 Å². The first-order valence-electron chi connectivity index (χ1n) is 9.08. The number of nitrogens with zero attached hydrogens (tertiary/aromatic N) is 1. The van der Waals surface area contributed by atoms with Gasteiger partial charge in [-0.05, 0) is 30.2 Å². The fraction of sp³-hybridized carbons (Fsp3) is 0.474. The minimum atomic E-state index is -1.18. The molecule has 8 nitrogen and oxygen atoms in total. The van der Waals surface area contributed by atoms with Gasteiger partial charge in [-0.3, -0.25) is 19.2 Å². The monoisotopic (exact) mass is 393 g/mol. The van der Waals surface area contributed by atoms with Crippen molar-refractivity contribution in [2.75, 3.05) is 18.0 Å². The molecule has 0 radical (unpaired) electrons. The quantitative estimate of drug-likeness (QED) is 0.607. The molecular formula is C19H24FN3O5. The molecule has 1 aromatic rings. The summed E-state index contributed by atoms with van der Waals surface area (Å²) in [5.41, 5.74) is 0.499. The highest BCUT2D eigenvalue weighted by atomic mass is 19.1. The Labute approximate surface area is 162 Å². The molecule has 9 heteroatoms. The van der Waals surface area contributed by atoms with Crippen LogP contribution in [0, 0.1) is 17.7 Å². The van der Waals surface area contributed by atoms with Crippen LogP contribution in [-0.2, 0) is 19.2 Å². The second-order valence-electron chi connectivity index (χ2n) is 6.87. The van der Waals surface area contributed by atoms with Crippen molar-refractivity contribution in [2.24, 2.45) is 11.8 Å². The first-order valence-corrected chi connectivity index (χ1v) is 9.08. The molecule has 0 saturated carbocycles. The molecule has 3 atom stereocenters. The number of carbonyl (C=O) groups is 4. The van der Waals surface area contributed by atoms with Gasteiger partial charge in [0.2, 0.25) is 17.7 Å². The number of nitrogens with one attached hydrogen (secondary N) is 2. The van der Waals surface area contributed by atoms with E-state index in [1.807, 2.05) is 6.92 Å². The number of amides is 3. The second-order valence-corrected chi connectivity index (χ2v) is 6.87. The maximum atomic E-state index is 13.1. The Hall–Kier alpha value is -2.97.